The van der Waals surface area contributed by atoms with Crippen LogP contribution in [-0.2, 0) is 14.4 Å². The van der Waals surface area contributed by atoms with Crippen LogP contribution < -0.4 is 5.32 Å². The largest absolute Gasteiger partial charge is 0.478 e. The summed E-state index contributed by atoms with van der Waals surface area (Å²) in [4.78, 5) is 40.4. The molecule has 10 atom stereocenters. The van der Waals surface area contributed by atoms with Crippen LogP contribution in [0.25, 0.3) is 6.08 Å². The second kappa shape index (κ2) is 12.2. The first-order valence-corrected chi connectivity index (χ1v) is 18.3. The molecule has 2 fully saturated rings. The normalized spacial score (nSPS) is 40.1. The lowest BCUT2D eigenvalue weighted by Gasteiger charge is -2.68. The third-order valence-corrected chi connectivity index (χ3v) is 14.3. The van der Waals surface area contributed by atoms with Crippen molar-refractivity contribution in [3.05, 3.63) is 76.9 Å². The fraction of sp³-hybridized carbons (Fsp3) is 0.595. The molecule has 8 nitrogen and oxygen atoms in total. The lowest BCUT2D eigenvalue weighted by atomic mass is 9.36. The summed E-state index contributed by atoms with van der Waals surface area (Å²) in [6.07, 6.45) is 9.75. The summed E-state index contributed by atoms with van der Waals surface area (Å²) in [5.74, 6) is -2.35. The molecule has 0 spiro atoms. The third-order valence-electron chi connectivity index (χ3n) is 14.3. The molecule has 0 bridgehead atoms. The van der Waals surface area contributed by atoms with Crippen LogP contribution in [0.5, 0.6) is 0 Å². The van der Waals surface area contributed by atoms with Gasteiger partial charge in [0, 0.05) is 46.2 Å². The van der Waals surface area contributed by atoms with E-state index in [2.05, 4.69) is 19.2 Å². The van der Waals surface area contributed by atoms with Crippen LogP contribution in [0.3, 0.4) is 0 Å². The van der Waals surface area contributed by atoms with Gasteiger partial charge >= 0.3 is 5.97 Å². The van der Waals surface area contributed by atoms with E-state index in [0.717, 1.165) is 5.56 Å². The number of hydrogen-bond donors (Lipinski definition) is 5. The maximum atomic E-state index is 14.9. The minimum atomic E-state index is -1.64. The molecule has 2 saturated carbocycles. The standard InChI is InChI=1S/C42H55NO7/c1-25(21-28(44)22-27(36(47)48)16-20-43-7)30-23-41(49)18-19-42(50)29(14-13-26-11-9-8-10-12-26)34-37(2,3)32(46)15-17-38(34,4)33-31(45)24-39(30,5)40(41,6)35(33)42/h8-14,18-19,22,25,28-30,34,43-44,49-50H,15-17,20-21,23-24H2,1-7H3,(H,47,48). The molecule has 5 aliphatic carbocycles. The Balaban J connectivity index is 1.50. The summed E-state index contributed by atoms with van der Waals surface area (Å²) < 4.78 is 0. The first kappa shape index (κ1) is 36.6. The number of aliphatic hydroxyl groups is 3. The number of aliphatic hydroxyl groups excluding tert-OH is 1. The zero-order valence-corrected chi connectivity index (χ0v) is 30.6. The molecule has 0 heterocycles. The maximum absolute atomic E-state index is 14.9. The Kier molecular flexibility index (Phi) is 8.95. The van der Waals surface area contributed by atoms with Gasteiger partial charge in [0.15, 0.2) is 5.78 Å². The molecule has 0 saturated heterocycles. The van der Waals surface area contributed by atoms with Crippen LogP contribution in [0.1, 0.15) is 85.6 Å². The number of ketones is 2. The molecule has 270 valence electrons. The molecular weight excluding hydrogens is 630 g/mol. The molecule has 0 radical (unpaired) electrons. The molecule has 5 N–H and O–H groups in total. The number of carboxylic acid groups (broad SMARTS) is 1. The molecule has 8 heteroatoms. The predicted molar refractivity (Wildman–Crippen MR) is 193 cm³/mol. The summed E-state index contributed by atoms with van der Waals surface area (Å²) >= 11 is 0. The number of allylic oxidation sites excluding steroid dienone is 1. The van der Waals surface area contributed by atoms with Crippen molar-refractivity contribution in [3.63, 3.8) is 0 Å². The monoisotopic (exact) mass is 685 g/mol. The average Bonchev–Trinajstić information content (AvgIpc) is 3.23. The van der Waals surface area contributed by atoms with Crippen LogP contribution in [0.2, 0.25) is 0 Å². The Morgan fingerprint density at radius 3 is 2.38 bits per heavy atom. The Labute approximate surface area is 296 Å². The maximum Gasteiger partial charge on any atom is 0.331 e. The first-order chi connectivity index (χ1) is 23.3. The van der Waals surface area contributed by atoms with E-state index in [-0.39, 0.29) is 54.2 Å². The summed E-state index contributed by atoms with van der Waals surface area (Å²) in [7, 11) is 1.74. The lowest BCUT2D eigenvalue weighted by Crippen LogP contribution is -2.69. The Morgan fingerprint density at radius 1 is 1.06 bits per heavy atom. The highest BCUT2D eigenvalue weighted by Crippen LogP contribution is 2.78. The van der Waals surface area contributed by atoms with Crippen molar-refractivity contribution >= 4 is 23.6 Å². The van der Waals surface area contributed by atoms with Gasteiger partial charge in [0.2, 0.25) is 0 Å². The van der Waals surface area contributed by atoms with Gasteiger partial charge in [-0.3, -0.25) is 9.59 Å². The summed E-state index contributed by atoms with van der Waals surface area (Å²) in [5, 5.41) is 49.9. The number of carboxylic acids is 1. The Morgan fingerprint density at radius 2 is 1.74 bits per heavy atom. The van der Waals surface area contributed by atoms with E-state index < -0.39 is 50.9 Å². The van der Waals surface area contributed by atoms with Crippen molar-refractivity contribution in [2.45, 2.75) is 97.4 Å². The van der Waals surface area contributed by atoms with Crippen molar-refractivity contribution in [2.24, 2.45) is 45.3 Å². The van der Waals surface area contributed by atoms with Crippen LogP contribution in [0.15, 0.2) is 71.4 Å². The first-order valence-electron chi connectivity index (χ1n) is 18.3. The molecule has 0 amide bonds. The van der Waals surface area contributed by atoms with E-state index in [1.807, 2.05) is 70.2 Å². The minimum absolute atomic E-state index is 0.0426. The van der Waals surface area contributed by atoms with E-state index in [1.165, 1.54) is 6.08 Å². The van der Waals surface area contributed by atoms with Gasteiger partial charge in [0.25, 0.3) is 0 Å². The third kappa shape index (κ3) is 5.03. The SMILES string of the molecule is CNCCC(=CC(O)CC(C)C1CC2(O)C=CC3(O)C4=C(C(=O)CC1(C)C42C)C1(C)CCC(=O)C(C)(C)C1C3C=Cc1ccccc1)C(=O)O. The van der Waals surface area contributed by atoms with E-state index in [1.54, 1.807) is 19.2 Å². The number of rotatable bonds is 10. The van der Waals surface area contributed by atoms with Gasteiger partial charge in [-0.25, -0.2) is 4.79 Å². The van der Waals surface area contributed by atoms with Gasteiger partial charge in [0.05, 0.1) is 11.7 Å². The van der Waals surface area contributed by atoms with E-state index >= 15 is 0 Å². The van der Waals surface area contributed by atoms with Crippen molar-refractivity contribution in [3.8, 4) is 0 Å². The van der Waals surface area contributed by atoms with Gasteiger partial charge in [-0.2, -0.15) is 0 Å². The second-order valence-corrected chi connectivity index (χ2v) is 17.3. The van der Waals surface area contributed by atoms with Crippen LogP contribution in [-0.4, -0.2) is 68.9 Å². The van der Waals surface area contributed by atoms with E-state index in [4.69, 9.17) is 0 Å². The zero-order valence-electron chi connectivity index (χ0n) is 30.6. The van der Waals surface area contributed by atoms with Gasteiger partial charge in [0.1, 0.15) is 11.4 Å². The molecule has 0 aliphatic heterocycles. The summed E-state index contributed by atoms with van der Waals surface area (Å²) in [6, 6.07) is 9.85. The van der Waals surface area contributed by atoms with E-state index in [9.17, 15) is 34.8 Å². The smallest absolute Gasteiger partial charge is 0.331 e. The molecule has 10 unspecified atom stereocenters. The van der Waals surface area contributed by atoms with Crippen molar-refractivity contribution < 1.29 is 34.8 Å². The van der Waals surface area contributed by atoms with Crippen LogP contribution in [0.4, 0.5) is 0 Å². The molecular formula is C42H55NO7. The van der Waals surface area contributed by atoms with Crippen molar-refractivity contribution in [1.82, 2.24) is 5.32 Å². The topological polar surface area (TPSA) is 144 Å². The number of Topliss-reactive ketones (excluding diaryl/α,β-unsaturated/α-hetero) is 2. The van der Waals surface area contributed by atoms with Gasteiger partial charge < -0.3 is 25.7 Å². The van der Waals surface area contributed by atoms with Crippen molar-refractivity contribution in [1.29, 1.82) is 0 Å². The molecule has 0 aromatic heterocycles. The van der Waals surface area contributed by atoms with Gasteiger partial charge in [-0.15, -0.1) is 0 Å². The highest BCUT2D eigenvalue weighted by Gasteiger charge is 2.78. The molecule has 1 aromatic rings. The summed E-state index contributed by atoms with van der Waals surface area (Å²) in [5.41, 5.74) is -4.11. The van der Waals surface area contributed by atoms with Gasteiger partial charge in [-0.05, 0) is 85.7 Å². The summed E-state index contributed by atoms with van der Waals surface area (Å²) in [6.45, 7) is 12.6. The second-order valence-electron chi connectivity index (χ2n) is 17.3. The van der Waals surface area contributed by atoms with Crippen LogP contribution in [0, 0.1) is 45.3 Å². The number of aliphatic carboxylic acids is 1. The highest BCUT2D eigenvalue weighted by molar-refractivity contribution is 6.02. The zero-order chi connectivity index (χ0) is 36.7. The number of carbonyl (C=O) groups is 3. The van der Waals surface area contributed by atoms with Crippen molar-refractivity contribution in [2.75, 3.05) is 13.6 Å². The average molecular weight is 686 g/mol. The lowest BCUT2D eigenvalue weighted by molar-refractivity contribution is -0.161. The molecule has 1 aromatic carbocycles. The molecule has 5 aliphatic rings. The van der Waals surface area contributed by atoms with Gasteiger partial charge in [-0.1, -0.05) is 90.1 Å². The number of benzene rings is 1. The Bertz CT molecular complexity index is 1710. The van der Waals surface area contributed by atoms with Crippen LogP contribution >= 0.6 is 0 Å². The molecule has 6 rings (SSSR count). The fourth-order valence-electron chi connectivity index (χ4n) is 11.7. The Hall–Kier alpha value is -3.17. The molecule has 50 heavy (non-hydrogen) atoms. The number of nitrogens with one attached hydrogen (secondary N) is 1. The number of carbonyl (C=O) groups excluding carboxylic acids is 2. The minimum Gasteiger partial charge on any atom is -0.478 e. The number of fused-ring (bicyclic) bond motifs is 2. The fourth-order valence-corrected chi connectivity index (χ4v) is 11.7. The predicted octanol–water partition coefficient (Wildman–Crippen LogP) is 5.68. The quantitative estimate of drug-likeness (QED) is 0.156. The highest BCUT2D eigenvalue weighted by atomic mass is 16.4. The van der Waals surface area contributed by atoms with E-state index in [0.29, 0.717) is 37.0 Å². The number of hydrogen-bond acceptors (Lipinski definition) is 7.